The van der Waals surface area contributed by atoms with Crippen LogP contribution in [0.4, 0.5) is 0 Å². The minimum absolute atomic E-state index is 0.646. The summed E-state index contributed by atoms with van der Waals surface area (Å²) < 4.78 is 0. The van der Waals surface area contributed by atoms with Crippen molar-refractivity contribution in [2.75, 3.05) is 5.75 Å². The first kappa shape index (κ1) is 7.99. The van der Waals surface area contributed by atoms with Gasteiger partial charge in [-0.2, -0.15) is 0 Å². The second-order valence-corrected chi connectivity index (χ2v) is 3.95. The Morgan fingerprint density at radius 1 is 1.60 bits per heavy atom. The van der Waals surface area contributed by atoms with Crippen LogP contribution in [0.3, 0.4) is 0 Å². The van der Waals surface area contributed by atoms with Crippen LogP contribution in [-0.4, -0.2) is 22.7 Å². The highest BCUT2D eigenvalue weighted by atomic mass is 32.2. The fourth-order valence-corrected chi connectivity index (χ4v) is 2.01. The Morgan fingerprint density at radius 2 is 2.30 bits per heavy atom. The van der Waals surface area contributed by atoms with Crippen LogP contribution in [0.15, 0.2) is 11.6 Å². The van der Waals surface area contributed by atoms with Crippen molar-refractivity contribution in [3.63, 3.8) is 0 Å². The molecule has 0 aromatic carbocycles. The van der Waals surface area contributed by atoms with E-state index >= 15 is 0 Å². The number of rotatable bonds is 1. The predicted molar refractivity (Wildman–Crippen MR) is 48.0 cm³/mol. The van der Waals surface area contributed by atoms with Gasteiger partial charge in [-0.25, -0.2) is 0 Å². The average molecular weight is 157 g/mol. The summed E-state index contributed by atoms with van der Waals surface area (Å²) in [5.41, 5.74) is 0. The lowest BCUT2D eigenvalue weighted by molar-refractivity contribution is 0.258. The van der Waals surface area contributed by atoms with Crippen LogP contribution in [0, 0.1) is 0 Å². The third-order valence-electron chi connectivity index (χ3n) is 1.77. The van der Waals surface area contributed by atoms with Gasteiger partial charge in [0.25, 0.3) is 0 Å². The molecule has 1 nitrogen and oxygen atoms in total. The topological polar surface area (TPSA) is 3.24 Å². The standard InChI is InChI=1S/C8H15NS/c1-7(2)9-4-5-10-6-8(9)3/h4-5,7-8H,6H2,1-3H3. The Hall–Kier alpha value is -0.110. The van der Waals surface area contributed by atoms with Crippen LogP contribution in [-0.2, 0) is 0 Å². The van der Waals surface area contributed by atoms with Crippen molar-refractivity contribution in [2.24, 2.45) is 0 Å². The molecule has 0 saturated heterocycles. The molecular formula is C8H15NS. The van der Waals surface area contributed by atoms with Crippen LogP contribution in [0.2, 0.25) is 0 Å². The van der Waals surface area contributed by atoms with Crippen molar-refractivity contribution in [2.45, 2.75) is 32.9 Å². The highest BCUT2D eigenvalue weighted by Gasteiger charge is 2.15. The maximum Gasteiger partial charge on any atom is 0.0353 e. The molecule has 0 amide bonds. The summed E-state index contributed by atoms with van der Waals surface area (Å²) in [7, 11) is 0. The van der Waals surface area contributed by atoms with Crippen molar-refractivity contribution < 1.29 is 0 Å². The Labute approximate surface area is 67.5 Å². The van der Waals surface area contributed by atoms with Crippen molar-refractivity contribution >= 4 is 11.8 Å². The van der Waals surface area contributed by atoms with Crippen LogP contribution in [0.5, 0.6) is 0 Å². The third kappa shape index (κ3) is 1.69. The fraction of sp³-hybridized carbons (Fsp3) is 0.750. The Morgan fingerprint density at radius 3 is 2.70 bits per heavy atom. The number of hydrogen-bond acceptors (Lipinski definition) is 2. The molecule has 10 heavy (non-hydrogen) atoms. The summed E-state index contributed by atoms with van der Waals surface area (Å²) in [5.74, 6) is 1.23. The van der Waals surface area contributed by atoms with E-state index in [0.717, 1.165) is 0 Å². The van der Waals surface area contributed by atoms with Crippen LogP contribution < -0.4 is 0 Å². The highest BCUT2D eigenvalue weighted by molar-refractivity contribution is 8.02. The number of thioether (sulfide) groups is 1. The van der Waals surface area contributed by atoms with Crippen LogP contribution in [0.25, 0.3) is 0 Å². The van der Waals surface area contributed by atoms with E-state index in [0.29, 0.717) is 12.1 Å². The van der Waals surface area contributed by atoms with Gasteiger partial charge in [-0.15, -0.1) is 11.8 Å². The quantitative estimate of drug-likeness (QED) is 0.574. The van der Waals surface area contributed by atoms with E-state index in [1.54, 1.807) is 0 Å². The molecule has 1 atom stereocenters. The zero-order valence-electron chi connectivity index (χ0n) is 6.87. The van der Waals surface area contributed by atoms with Gasteiger partial charge in [-0.05, 0) is 26.2 Å². The summed E-state index contributed by atoms with van der Waals surface area (Å²) in [6.45, 7) is 6.74. The first-order chi connectivity index (χ1) is 4.72. The Bertz CT molecular complexity index is 131. The summed E-state index contributed by atoms with van der Waals surface area (Å²) in [6, 6.07) is 1.35. The Kier molecular flexibility index (Phi) is 2.66. The molecule has 0 aromatic rings. The molecule has 1 heterocycles. The molecule has 0 radical (unpaired) electrons. The van der Waals surface area contributed by atoms with Gasteiger partial charge in [0.2, 0.25) is 0 Å². The summed E-state index contributed by atoms with van der Waals surface area (Å²) >= 11 is 1.90. The van der Waals surface area contributed by atoms with Gasteiger partial charge < -0.3 is 4.90 Å². The SMILES string of the molecule is CC(C)N1C=CSCC1C. The van der Waals surface area contributed by atoms with Crippen molar-refractivity contribution in [1.29, 1.82) is 0 Å². The molecule has 0 spiro atoms. The molecule has 0 saturated carbocycles. The second-order valence-electron chi connectivity index (χ2n) is 3.01. The van der Waals surface area contributed by atoms with E-state index in [1.807, 2.05) is 11.8 Å². The lowest BCUT2D eigenvalue weighted by Gasteiger charge is -2.33. The van der Waals surface area contributed by atoms with E-state index in [1.165, 1.54) is 5.75 Å². The van der Waals surface area contributed by atoms with Crippen LogP contribution in [0.1, 0.15) is 20.8 Å². The third-order valence-corrected chi connectivity index (χ3v) is 2.76. The van der Waals surface area contributed by atoms with Gasteiger partial charge in [-0.1, -0.05) is 0 Å². The van der Waals surface area contributed by atoms with Gasteiger partial charge in [-0.3, -0.25) is 0 Å². The van der Waals surface area contributed by atoms with Crippen molar-refractivity contribution in [1.82, 2.24) is 4.90 Å². The molecule has 0 N–H and O–H groups in total. The van der Waals surface area contributed by atoms with E-state index in [-0.39, 0.29) is 0 Å². The monoisotopic (exact) mass is 157 g/mol. The average Bonchev–Trinajstić information content (AvgIpc) is 1.88. The molecule has 1 aliphatic heterocycles. The molecule has 0 aromatic heterocycles. The van der Waals surface area contributed by atoms with Gasteiger partial charge in [0.05, 0.1) is 0 Å². The summed E-state index contributed by atoms with van der Waals surface area (Å²) in [4.78, 5) is 2.40. The largest absolute Gasteiger partial charge is 0.371 e. The molecule has 0 bridgehead atoms. The molecule has 1 unspecified atom stereocenters. The summed E-state index contributed by atoms with van der Waals surface area (Å²) in [6.07, 6.45) is 2.20. The molecular weight excluding hydrogens is 142 g/mol. The van der Waals surface area contributed by atoms with Gasteiger partial charge in [0.1, 0.15) is 0 Å². The molecule has 0 fully saturated rings. The van der Waals surface area contributed by atoms with E-state index in [2.05, 4.69) is 37.3 Å². The normalized spacial score (nSPS) is 26.0. The second kappa shape index (κ2) is 3.33. The van der Waals surface area contributed by atoms with E-state index in [9.17, 15) is 0 Å². The van der Waals surface area contributed by atoms with Crippen molar-refractivity contribution in [3.05, 3.63) is 11.6 Å². The zero-order valence-corrected chi connectivity index (χ0v) is 7.69. The van der Waals surface area contributed by atoms with Gasteiger partial charge >= 0.3 is 0 Å². The van der Waals surface area contributed by atoms with Crippen molar-refractivity contribution in [3.8, 4) is 0 Å². The molecule has 1 aliphatic rings. The lowest BCUT2D eigenvalue weighted by atomic mass is 10.2. The number of nitrogens with zero attached hydrogens (tertiary/aromatic N) is 1. The van der Waals surface area contributed by atoms with Crippen LogP contribution >= 0.6 is 11.8 Å². The highest BCUT2D eigenvalue weighted by Crippen LogP contribution is 2.18. The summed E-state index contributed by atoms with van der Waals surface area (Å²) in [5, 5.41) is 2.18. The zero-order chi connectivity index (χ0) is 7.56. The maximum atomic E-state index is 2.40. The first-order valence-electron chi connectivity index (χ1n) is 3.77. The molecule has 58 valence electrons. The lowest BCUT2D eigenvalue weighted by Crippen LogP contribution is -2.37. The first-order valence-corrected chi connectivity index (χ1v) is 4.82. The molecule has 2 heteroatoms. The maximum absolute atomic E-state index is 2.40. The van der Waals surface area contributed by atoms with Gasteiger partial charge in [0.15, 0.2) is 0 Å². The molecule has 1 rings (SSSR count). The fourth-order valence-electron chi connectivity index (χ4n) is 1.22. The predicted octanol–water partition coefficient (Wildman–Crippen LogP) is 2.30. The smallest absolute Gasteiger partial charge is 0.0353 e. The van der Waals surface area contributed by atoms with E-state index in [4.69, 9.17) is 0 Å². The molecule has 0 aliphatic carbocycles. The minimum atomic E-state index is 0.646. The Balaban J connectivity index is 2.55. The van der Waals surface area contributed by atoms with Gasteiger partial charge in [0, 0.05) is 24.0 Å². The number of hydrogen-bond donors (Lipinski definition) is 0. The minimum Gasteiger partial charge on any atom is -0.371 e. The van der Waals surface area contributed by atoms with E-state index < -0.39 is 0 Å².